The van der Waals surface area contributed by atoms with Gasteiger partial charge < -0.3 is 15.4 Å². The minimum Gasteiger partial charge on any atom is -0.378 e. The standard InChI is InChI=1S/C17H34N2OS/c1-14(11-18-15-5-3-2-4-6-15)12-20-17-9-7-16(8-10-17)19-13-21/h14-19,21H,2-13H2,1H3. The van der Waals surface area contributed by atoms with Gasteiger partial charge in [-0.3, -0.25) is 0 Å². The molecule has 124 valence electrons. The summed E-state index contributed by atoms with van der Waals surface area (Å²) < 4.78 is 6.12. The van der Waals surface area contributed by atoms with E-state index in [0.29, 0.717) is 18.1 Å². The van der Waals surface area contributed by atoms with Crippen LogP contribution in [-0.2, 0) is 4.74 Å². The first kappa shape index (κ1) is 17.6. The minimum absolute atomic E-state index is 0.486. The van der Waals surface area contributed by atoms with E-state index in [9.17, 15) is 0 Å². The van der Waals surface area contributed by atoms with Crippen molar-refractivity contribution in [3.63, 3.8) is 0 Å². The molecule has 0 amide bonds. The summed E-state index contributed by atoms with van der Waals surface area (Å²) in [6, 6.07) is 1.43. The van der Waals surface area contributed by atoms with Gasteiger partial charge in [0.2, 0.25) is 0 Å². The van der Waals surface area contributed by atoms with E-state index in [1.807, 2.05) is 0 Å². The molecule has 1 unspecified atom stereocenters. The molecule has 21 heavy (non-hydrogen) atoms. The largest absolute Gasteiger partial charge is 0.378 e. The van der Waals surface area contributed by atoms with Gasteiger partial charge in [0.25, 0.3) is 0 Å². The fourth-order valence-electron chi connectivity index (χ4n) is 3.60. The normalized spacial score (nSPS) is 29.4. The molecule has 0 heterocycles. The van der Waals surface area contributed by atoms with Crippen LogP contribution in [0.25, 0.3) is 0 Å². The van der Waals surface area contributed by atoms with Gasteiger partial charge in [0.15, 0.2) is 0 Å². The Labute approximate surface area is 136 Å². The Kier molecular flexibility index (Phi) is 8.45. The van der Waals surface area contributed by atoms with Gasteiger partial charge >= 0.3 is 0 Å². The Hall–Kier alpha value is 0.230. The highest BCUT2D eigenvalue weighted by Crippen LogP contribution is 2.22. The van der Waals surface area contributed by atoms with Gasteiger partial charge in [0.1, 0.15) is 0 Å². The molecule has 2 aliphatic carbocycles. The van der Waals surface area contributed by atoms with Crippen LogP contribution in [0, 0.1) is 5.92 Å². The molecule has 1 atom stereocenters. The number of hydrogen-bond donors (Lipinski definition) is 3. The van der Waals surface area contributed by atoms with E-state index in [1.165, 1.54) is 57.8 Å². The lowest BCUT2D eigenvalue weighted by Gasteiger charge is -2.30. The van der Waals surface area contributed by atoms with Crippen LogP contribution in [0.5, 0.6) is 0 Å². The van der Waals surface area contributed by atoms with Crippen molar-refractivity contribution in [3.05, 3.63) is 0 Å². The Morgan fingerprint density at radius 3 is 2.29 bits per heavy atom. The third-order valence-corrected chi connectivity index (χ3v) is 5.21. The highest BCUT2D eigenvalue weighted by Gasteiger charge is 2.21. The van der Waals surface area contributed by atoms with Crippen LogP contribution in [0.4, 0.5) is 0 Å². The van der Waals surface area contributed by atoms with E-state index in [-0.39, 0.29) is 0 Å². The smallest absolute Gasteiger partial charge is 0.0576 e. The lowest BCUT2D eigenvalue weighted by molar-refractivity contribution is 0.00580. The van der Waals surface area contributed by atoms with Crippen molar-refractivity contribution >= 4 is 12.6 Å². The molecule has 2 fully saturated rings. The van der Waals surface area contributed by atoms with Crippen LogP contribution in [0.2, 0.25) is 0 Å². The molecule has 0 aromatic carbocycles. The lowest BCUT2D eigenvalue weighted by Crippen LogP contribution is -2.37. The van der Waals surface area contributed by atoms with Crippen LogP contribution < -0.4 is 10.6 Å². The minimum atomic E-state index is 0.486. The maximum Gasteiger partial charge on any atom is 0.0576 e. The molecule has 0 bridgehead atoms. The van der Waals surface area contributed by atoms with Crippen molar-refractivity contribution in [1.29, 1.82) is 0 Å². The summed E-state index contributed by atoms with van der Waals surface area (Å²) in [6.45, 7) is 4.33. The van der Waals surface area contributed by atoms with Gasteiger partial charge in [0.05, 0.1) is 12.7 Å². The van der Waals surface area contributed by atoms with Crippen LogP contribution in [0.1, 0.15) is 64.7 Å². The van der Waals surface area contributed by atoms with E-state index < -0.39 is 0 Å². The van der Waals surface area contributed by atoms with Crippen LogP contribution in [-0.4, -0.2) is 37.2 Å². The molecule has 0 aliphatic heterocycles. The predicted octanol–water partition coefficient (Wildman–Crippen LogP) is 3.35. The highest BCUT2D eigenvalue weighted by molar-refractivity contribution is 7.80. The van der Waals surface area contributed by atoms with E-state index >= 15 is 0 Å². The Morgan fingerprint density at radius 2 is 1.62 bits per heavy atom. The van der Waals surface area contributed by atoms with Crippen molar-refractivity contribution in [3.8, 4) is 0 Å². The number of hydrogen-bond acceptors (Lipinski definition) is 4. The molecule has 0 aromatic heterocycles. The molecule has 4 heteroatoms. The molecule has 2 N–H and O–H groups in total. The van der Waals surface area contributed by atoms with Gasteiger partial charge in [-0.15, -0.1) is 0 Å². The zero-order valence-corrected chi connectivity index (χ0v) is 14.5. The zero-order valence-electron chi connectivity index (χ0n) is 13.7. The molecule has 0 saturated heterocycles. The van der Waals surface area contributed by atoms with Gasteiger partial charge in [-0.1, -0.05) is 26.2 Å². The Morgan fingerprint density at radius 1 is 0.952 bits per heavy atom. The third-order valence-electron chi connectivity index (χ3n) is 5.03. The second-order valence-corrected chi connectivity index (χ2v) is 7.33. The second kappa shape index (κ2) is 10.1. The molecule has 2 aliphatic rings. The summed E-state index contributed by atoms with van der Waals surface area (Å²) in [6.07, 6.45) is 12.4. The summed E-state index contributed by atoms with van der Waals surface area (Å²) >= 11 is 4.24. The molecule has 0 spiro atoms. The fraction of sp³-hybridized carbons (Fsp3) is 1.00. The van der Waals surface area contributed by atoms with Crippen molar-refractivity contribution < 1.29 is 4.74 Å². The summed E-state index contributed by atoms with van der Waals surface area (Å²) in [5.74, 6) is 1.42. The maximum absolute atomic E-state index is 6.12. The number of ether oxygens (including phenoxy) is 1. The molecule has 0 radical (unpaired) electrons. The van der Waals surface area contributed by atoms with Gasteiger partial charge in [-0.05, 0) is 44.4 Å². The van der Waals surface area contributed by atoms with Crippen molar-refractivity contribution in [2.24, 2.45) is 5.92 Å². The Bertz CT molecular complexity index is 264. The SMILES string of the molecule is CC(CNC1CCCCC1)COC1CCC(NCS)CC1. The number of nitrogens with one attached hydrogen (secondary N) is 2. The first-order chi connectivity index (χ1) is 10.3. The second-order valence-electron chi connectivity index (χ2n) is 7.02. The van der Waals surface area contributed by atoms with E-state index in [1.54, 1.807) is 0 Å². The quantitative estimate of drug-likeness (QED) is 0.475. The first-order valence-corrected chi connectivity index (χ1v) is 9.60. The first-order valence-electron chi connectivity index (χ1n) is 8.97. The predicted molar refractivity (Wildman–Crippen MR) is 93.0 cm³/mol. The molecule has 2 rings (SSSR count). The van der Waals surface area contributed by atoms with Crippen molar-refractivity contribution in [2.45, 2.75) is 82.9 Å². The molecular weight excluding hydrogens is 280 g/mol. The summed E-state index contributed by atoms with van der Waals surface area (Å²) in [5.41, 5.74) is 0. The zero-order chi connectivity index (χ0) is 14.9. The van der Waals surface area contributed by atoms with Crippen molar-refractivity contribution in [1.82, 2.24) is 10.6 Å². The molecule has 0 aromatic rings. The van der Waals surface area contributed by atoms with Crippen LogP contribution >= 0.6 is 12.6 Å². The molecular formula is C17H34N2OS. The summed E-state index contributed by atoms with van der Waals surface area (Å²) in [5, 5.41) is 7.16. The van der Waals surface area contributed by atoms with Crippen LogP contribution in [0.3, 0.4) is 0 Å². The van der Waals surface area contributed by atoms with Gasteiger partial charge in [-0.25, -0.2) is 0 Å². The topological polar surface area (TPSA) is 33.3 Å². The average molecular weight is 315 g/mol. The fourth-order valence-corrected chi connectivity index (χ4v) is 3.85. The average Bonchev–Trinajstić information content (AvgIpc) is 2.53. The van der Waals surface area contributed by atoms with E-state index in [0.717, 1.165) is 25.1 Å². The van der Waals surface area contributed by atoms with E-state index in [4.69, 9.17) is 4.74 Å². The Balaban J connectivity index is 1.51. The maximum atomic E-state index is 6.12. The third kappa shape index (κ3) is 6.89. The summed E-state index contributed by atoms with van der Waals surface area (Å²) in [4.78, 5) is 0. The van der Waals surface area contributed by atoms with Gasteiger partial charge in [-0.2, -0.15) is 12.6 Å². The molecule has 2 saturated carbocycles. The van der Waals surface area contributed by atoms with Gasteiger partial charge in [0, 0.05) is 24.5 Å². The van der Waals surface area contributed by atoms with Crippen LogP contribution in [0.15, 0.2) is 0 Å². The van der Waals surface area contributed by atoms with E-state index in [2.05, 4.69) is 30.2 Å². The monoisotopic (exact) mass is 314 g/mol. The molecule has 3 nitrogen and oxygen atoms in total. The number of thiol groups is 1. The highest BCUT2D eigenvalue weighted by atomic mass is 32.1. The lowest BCUT2D eigenvalue weighted by atomic mass is 9.93. The number of rotatable bonds is 8. The van der Waals surface area contributed by atoms with Crippen molar-refractivity contribution in [2.75, 3.05) is 19.0 Å². The summed E-state index contributed by atoms with van der Waals surface area (Å²) in [7, 11) is 0.